The molecule has 3 aromatic carbocycles. The van der Waals surface area contributed by atoms with Gasteiger partial charge in [-0.1, -0.05) is 68.4 Å². The molecule has 4 nitrogen and oxygen atoms in total. The summed E-state index contributed by atoms with van der Waals surface area (Å²) in [6.07, 6.45) is 3.93. The van der Waals surface area contributed by atoms with E-state index >= 15 is 0 Å². The monoisotopic (exact) mass is 453 g/mol. The number of ketones is 1. The van der Waals surface area contributed by atoms with Gasteiger partial charge in [-0.2, -0.15) is 0 Å². The Morgan fingerprint density at radius 1 is 1.06 bits per heavy atom. The number of benzene rings is 3. The molecule has 0 fully saturated rings. The van der Waals surface area contributed by atoms with E-state index in [1.165, 1.54) is 11.1 Å². The highest BCUT2D eigenvalue weighted by atomic mass is 16.5. The molecule has 0 saturated heterocycles. The zero-order chi connectivity index (χ0) is 23.7. The number of nitrogens with zero attached hydrogens (tertiary/aromatic N) is 1. The number of rotatable bonds is 6. The van der Waals surface area contributed by atoms with E-state index in [-0.39, 0.29) is 5.78 Å². The molecule has 174 valence electrons. The van der Waals surface area contributed by atoms with Gasteiger partial charge in [0, 0.05) is 13.1 Å². The fourth-order valence-corrected chi connectivity index (χ4v) is 4.70. The molecule has 0 radical (unpaired) electrons. The van der Waals surface area contributed by atoms with Crippen LogP contribution >= 0.6 is 0 Å². The zero-order valence-corrected chi connectivity index (χ0v) is 20.1. The quantitative estimate of drug-likeness (QED) is 0.398. The first-order valence-corrected chi connectivity index (χ1v) is 12.1. The van der Waals surface area contributed by atoms with Crippen LogP contribution in [0.1, 0.15) is 64.4 Å². The molecule has 3 aromatic rings. The number of fused-ring (bicyclic) bond motifs is 3. The van der Waals surface area contributed by atoms with Crippen LogP contribution in [-0.4, -0.2) is 24.0 Å². The Hall–Kier alpha value is -3.37. The Balaban J connectivity index is 1.34. The highest BCUT2D eigenvalue weighted by molar-refractivity contribution is 6.15. The average Bonchev–Trinajstić information content (AvgIpc) is 3.17. The van der Waals surface area contributed by atoms with Crippen LogP contribution < -0.4 is 9.47 Å². The molecule has 0 unspecified atom stereocenters. The van der Waals surface area contributed by atoms with E-state index in [1.54, 1.807) is 0 Å². The average molecular weight is 454 g/mol. The molecule has 0 spiro atoms. The molecule has 4 heteroatoms. The van der Waals surface area contributed by atoms with Gasteiger partial charge in [-0.15, -0.1) is 0 Å². The predicted molar refractivity (Wildman–Crippen MR) is 135 cm³/mol. The number of carbonyl (C=O) groups excluding carboxylic acids is 1. The normalized spacial score (nSPS) is 16.4. The molecule has 2 aliphatic rings. The van der Waals surface area contributed by atoms with Crippen molar-refractivity contribution in [2.24, 2.45) is 0 Å². The Kier molecular flexibility index (Phi) is 6.25. The lowest BCUT2D eigenvalue weighted by molar-refractivity contribution is 0.0928. The summed E-state index contributed by atoms with van der Waals surface area (Å²) in [6.45, 7) is 8.50. The first kappa shape index (κ1) is 22.4. The maximum Gasteiger partial charge on any atom is 0.232 e. The third kappa shape index (κ3) is 4.51. The van der Waals surface area contributed by atoms with Crippen LogP contribution in [0.15, 0.2) is 66.4 Å². The summed E-state index contributed by atoms with van der Waals surface area (Å²) in [5.74, 6) is 2.29. The van der Waals surface area contributed by atoms with Crippen molar-refractivity contribution in [1.29, 1.82) is 0 Å². The maximum absolute atomic E-state index is 13.2. The van der Waals surface area contributed by atoms with Crippen LogP contribution in [0, 0.1) is 6.92 Å². The van der Waals surface area contributed by atoms with Crippen LogP contribution in [0.25, 0.3) is 6.08 Å². The molecule has 0 amide bonds. The van der Waals surface area contributed by atoms with Gasteiger partial charge >= 0.3 is 0 Å². The minimum Gasteiger partial charge on any atom is -0.478 e. The van der Waals surface area contributed by atoms with Gasteiger partial charge in [0.25, 0.3) is 0 Å². The number of hydrogen-bond acceptors (Lipinski definition) is 4. The predicted octanol–water partition coefficient (Wildman–Crippen LogP) is 6.52. The highest BCUT2D eigenvalue weighted by Crippen LogP contribution is 2.44. The van der Waals surface area contributed by atoms with Gasteiger partial charge in [-0.25, -0.2) is 0 Å². The summed E-state index contributed by atoms with van der Waals surface area (Å²) in [5.41, 5.74) is 6.12. The minimum absolute atomic E-state index is 0.0514. The Bertz CT molecular complexity index is 1230. The van der Waals surface area contributed by atoms with Crippen LogP contribution in [-0.2, 0) is 13.0 Å². The standard InChI is InChI=1S/C30H31NO3/c1-20(2)24-13-11-23(12-14-24)17-27-29(32)28-21(3)16-26-25(30(28)34-27)18-31(19-33-26)15-7-10-22-8-5-4-6-9-22/h4-6,8-9,11-14,16-17,20H,7,10,15,18-19H2,1-3H3/b27-17-. The fraction of sp³-hybridized carbons (Fsp3) is 0.300. The van der Waals surface area contributed by atoms with E-state index in [0.29, 0.717) is 29.7 Å². The van der Waals surface area contributed by atoms with Gasteiger partial charge in [-0.3, -0.25) is 9.69 Å². The van der Waals surface area contributed by atoms with Crippen molar-refractivity contribution in [2.75, 3.05) is 13.3 Å². The van der Waals surface area contributed by atoms with Crippen molar-refractivity contribution < 1.29 is 14.3 Å². The molecule has 0 aromatic heterocycles. The largest absolute Gasteiger partial charge is 0.478 e. The van der Waals surface area contributed by atoms with Crippen molar-refractivity contribution in [3.63, 3.8) is 0 Å². The van der Waals surface area contributed by atoms with Crippen molar-refractivity contribution in [1.82, 2.24) is 4.90 Å². The number of Topliss-reactive ketones (excluding diaryl/α,β-unsaturated/α-hetero) is 1. The van der Waals surface area contributed by atoms with E-state index in [9.17, 15) is 4.79 Å². The van der Waals surface area contributed by atoms with E-state index in [2.05, 4.69) is 55.1 Å². The molecule has 34 heavy (non-hydrogen) atoms. The van der Waals surface area contributed by atoms with Gasteiger partial charge in [-0.05, 0) is 60.1 Å². The number of allylic oxidation sites excluding steroid dienone is 1. The number of hydrogen-bond donors (Lipinski definition) is 0. The van der Waals surface area contributed by atoms with Gasteiger partial charge in [0.05, 0.1) is 11.1 Å². The lowest BCUT2D eigenvalue weighted by Crippen LogP contribution is -2.33. The third-order valence-corrected chi connectivity index (χ3v) is 6.67. The first-order chi connectivity index (χ1) is 16.5. The van der Waals surface area contributed by atoms with Crippen molar-refractivity contribution in [2.45, 2.75) is 46.1 Å². The summed E-state index contributed by atoms with van der Waals surface area (Å²) >= 11 is 0. The highest BCUT2D eigenvalue weighted by Gasteiger charge is 2.35. The molecule has 0 bridgehead atoms. The lowest BCUT2D eigenvalue weighted by atomic mass is 9.98. The van der Waals surface area contributed by atoms with Crippen LogP contribution in [0.2, 0.25) is 0 Å². The van der Waals surface area contributed by atoms with E-state index in [0.717, 1.165) is 48.4 Å². The van der Waals surface area contributed by atoms with E-state index in [4.69, 9.17) is 9.47 Å². The Labute approximate surface area is 201 Å². The summed E-state index contributed by atoms with van der Waals surface area (Å²) in [5, 5.41) is 0. The second-order valence-electron chi connectivity index (χ2n) is 9.55. The van der Waals surface area contributed by atoms with Crippen molar-refractivity contribution >= 4 is 11.9 Å². The molecule has 2 heterocycles. The van der Waals surface area contributed by atoms with Crippen molar-refractivity contribution in [3.8, 4) is 11.5 Å². The molecule has 0 atom stereocenters. The summed E-state index contributed by atoms with van der Waals surface area (Å²) in [4.78, 5) is 15.5. The molecular formula is C30H31NO3. The van der Waals surface area contributed by atoms with Crippen LogP contribution in [0.3, 0.4) is 0 Å². The molecule has 0 saturated carbocycles. The van der Waals surface area contributed by atoms with Crippen LogP contribution in [0.4, 0.5) is 0 Å². The smallest absolute Gasteiger partial charge is 0.232 e. The first-order valence-electron chi connectivity index (χ1n) is 12.1. The number of carbonyl (C=O) groups is 1. The summed E-state index contributed by atoms with van der Waals surface area (Å²) in [7, 11) is 0. The van der Waals surface area contributed by atoms with E-state index < -0.39 is 0 Å². The third-order valence-electron chi connectivity index (χ3n) is 6.67. The molecular weight excluding hydrogens is 422 g/mol. The number of aryl methyl sites for hydroxylation is 2. The Morgan fingerprint density at radius 2 is 1.82 bits per heavy atom. The topological polar surface area (TPSA) is 38.8 Å². The van der Waals surface area contributed by atoms with Crippen LogP contribution in [0.5, 0.6) is 11.5 Å². The fourth-order valence-electron chi connectivity index (χ4n) is 4.70. The molecule has 2 aliphatic heterocycles. The van der Waals surface area contributed by atoms with Crippen molar-refractivity contribution in [3.05, 3.63) is 99.8 Å². The molecule has 5 rings (SSSR count). The van der Waals surface area contributed by atoms with Gasteiger partial charge < -0.3 is 9.47 Å². The molecule has 0 aliphatic carbocycles. The van der Waals surface area contributed by atoms with Gasteiger partial charge in [0.15, 0.2) is 5.76 Å². The number of ether oxygens (including phenoxy) is 2. The minimum atomic E-state index is -0.0514. The second-order valence-corrected chi connectivity index (χ2v) is 9.55. The maximum atomic E-state index is 13.2. The second kappa shape index (κ2) is 9.47. The Morgan fingerprint density at radius 3 is 2.56 bits per heavy atom. The SMILES string of the molecule is Cc1cc2c(c3c1C(=O)/C(=C/c1ccc(C(C)C)cc1)O3)CN(CCCc1ccccc1)CO2. The van der Waals surface area contributed by atoms with E-state index in [1.807, 2.05) is 37.3 Å². The van der Waals surface area contributed by atoms with Gasteiger partial charge in [0.1, 0.15) is 18.2 Å². The zero-order valence-electron chi connectivity index (χ0n) is 20.1. The molecule has 0 N–H and O–H groups in total. The lowest BCUT2D eigenvalue weighted by Gasteiger charge is -2.30. The summed E-state index contributed by atoms with van der Waals surface area (Å²) in [6, 6.07) is 20.8. The van der Waals surface area contributed by atoms with Gasteiger partial charge in [0.2, 0.25) is 5.78 Å². The summed E-state index contributed by atoms with van der Waals surface area (Å²) < 4.78 is 12.3.